The molecule has 0 spiro atoms. The van der Waals surface area contributed by atoms with Crippen molar-refractivity contribution in [1.29, 1.82) is 0 Å². The van der Waals surface area contributed by atoms with E-state index in [0.717, 1.165) is 4.90 Å². The van der Waals surface area contributed by atoms with E-state index in [1.807, 2.05) is 13.0 Å². The van der Waals surface area contributed by atoms with Crippen molar-refractivity contribution in [3.05, 3.63) is 72.3 Å². The number of benzene rings is 3. The van der Waals surface area contributed by atoms with Gasteiger partial charge < -0.3 is 20.1 Å². The molecule has 4 rings (SSSR count). The Kier molecular flexibility index (Phi) is 8.08. The summed E-state index contributed by atoms with van der Waals surface area (Å²) in [5, 5.41) is 8.09. The number of anilines is 4. The maximum atomic E-state index is 12.9. The number of nitrogens with one attached hydrogen (secondary N) is 4. The van der Waals surface area contributed by atoms with E-state index < -0.39 is 22.7 Å². The average Bonchev–Trinajstić information content (AvgIpc) is 2.84. The first-order valence-corrected chi connectivity index (χ1v) is 13.8. The molecule has 0 saturated carbocycles. The molecule has 3 amide bonds. The lowest BCUT2D eigenvalue weighted by atomic mass is 10.1. The Morgan fingerprint density at radius 2 is 1.66 bits per heavy atom. The SMILES string of the molecule is CC1Sc2ccc(C(=O)Nc3cccc(S(=O)Nc4ccc(NC(=O)OC(C)(C)C)cc4)c3)cc2NC1=O. The minimum absolute atomic E-state index is 0.100. The number of carbonyl (C=O) groups excluding carboxylic acids is 3. The van der Waals surface area contributed by atoms with Crippen LogP contribution in [0.1, 0.15) is 38.1 Å². The Morgan fingerprint density at radius 3 is 2.37 bits per heavy atom. The van der Waals surface area contributed by atoms with Crippen LogP contribution in [0.2, 0.25) is 0 Å². The Balaban J connectivity index is 1.37. The maximum Gasteiger partial charge on any atom is 0.412 e. The summed E-state index contributed by atoms with van der Waals surface area (Å²) >= 11 is 1.45. The van der Waals surface area contributed by atoms with Gasteiger partial charge in [-0.05, 0) is 88.4 Å². The number of hydrogen-bond donors (Lipinski definition) is 4. The van der Waals surface area contributed by atoms with Gasteiger partial charge in [-0.3, -0.25) is 14.9 Å². The summed E-state index contributed by atoms with van der Waals surface area (Å²) in [5.41, 5.74) is 1.99. The summed E-state index contributed by atoms with van der Waals surface area (Å²) in [6, 6.07) is 18.6. The second-order valence-corrected chi connectivity index (χ2v) is 12.1. The Bertz CT molecular complexity index is 1400. The normalized spacial score (nSPS) is 15.5. The van der Waals surface area contributed by atoms with Crippen molar-refractivity contribution in [1.82, 2.24) is 0 Å². The first-order chi connectivity index (χ1) is 18.0. The molecule has 1 aliphatic rings. The highest BCUT2D eigenvalue weighted by Crippen LogP contribution is 2.36. The number of hydrogen-bond acceptors (Lipinski definition) is 6. The van der Waals surface area contributed by atoms with Gasteiger partial charge in [-0.15, -0.1) is 11.8 Å². The Hall–Kier alpha value is -3.83. The van der Waals surface area contributed by atoms with Crippen LogP contribution in [0.3, 0.4) is 0 Å². The van der Waals surface area contributed by atoms with Crippen molar-refractivity contribution < 1.29 is 23.3 Å². The lowest BCUT2D eigenvalue weighted by Gasteiger charge is -2.21. The molecule has 9 nitrogen and oxygen atoms in total. The number of rotatable bonds is 6. The molecule has 0 radical (unpaired) electrons. The molecule has 0 aliphatic carbocycles. The van der Waals surface area contributed by atoms with E-state index >= 15 is 0 Å². The predicted octanol–water partition coefficient (Wildman–Crippen LogP) is 5.85. The van der Waals surface area contributed by atoms with Gasteiger partial charge >= 0.3 is 6.09 Å². The fraction of sp³-hybridized carbons (Fsp3) is 0.222. The molecule has 0 saturated heterocycles. The quantitative estimate of drug-likeness (QED) is 0.304. The number of fused-ring (bicyclic) bond motifs is 1. The lowest BCUT2D eigenvalue weighted by molar-refractivity contribution is -0.115. The van der Waals surface area contributed by atoms with E-state index in [4.69, 9.17) is 4.74 Å². The van der Waals surface area contributed by atoms with Crippen LogP contribution in [0.4, 0.5) is 27.5 Å². The molecular formula is C27H28N4O5S2. The third kappa shape index (κ3) is 7.14. The fourth-order valence-corrected chi connectivity index (χ4v) is 5.29. The summed E-state index contributed by atoms with van der Waals surface area (Å²) in [6.07, 6.45) is -0.561. The zero-order chi connectivity index (χ0) is 27.4. The molecule has 198 valence electrons. The summed E-state index contributed by atoms with van der Waals surface area (Å²) in [4.78, 5) is 38.1. The van der Waals surface area contributed by atoms with E-state index in [-0.39, 0.29) is 17.1 Å². The van der Waals surface area contributed by atoms with Crippen LogP contribution < -0.4 is 20.7 Å². The molecule has 0 aromatic heterocycles. The average molecular weight is 553 g/mol. The summed E-state index contributed by atoms with van der Waals surface area (Å²) in [5.74, 6) is -0.452. The van der Waals surface area contributed by atoms with Gasteiger partial charge in [0.1, 0.15) is 16.6 Å². The lowest BCUT2D eigenvalue weighted by Crippen LogP contribution is -2.27. The van der Waals surface area contributed by atoms with Crippen LogP contribution >= 0.6 is 11.8 Å². The van der Waals surface area contributed by atoms with E-state index in [9.17, 15) is 18.6 Å². The highest BCUT2D eigenvalue weighted by Gasteiger charge is 2.24. The van der Waals surface area contributed by atoms with Crippen molar-refractivity contribution >= 4 is 63.4 Å². The van der Waals surface area contributed by atoms with Gasteiger partial charge in [0.25, 0.3) is 5.91 Å². The smallest absolute Gasteiger partial charge is 0.412 e. The van der Waals surface area contributed by atoms with Crippen LogP contribution in [0.15, 0.2) is 76.5 Å². The van der Waals surface area contributed by atoms with Gasteiger partial charge in [0.2, 0.25) is 5.91 Å². The van der Waals surface area contributed by atoms with Gasteiger partial charge in [-0.25, -0.2) is 9.00 Å². The monoisotopic (exact) mass is 552 g/mol. The third-order valence-electron chi connectivity index (χ3n) is 5.22. The van der Waals surface area contributed by atoms with Crippen molar-refractivity contribution in [3.8, 4) is 0 Å². The minimum atomic E-state index is -1.61. The molecule has 11 heteroatoms. The first-order valence-electron chi connectivity index (χ1n) is 11.8. The molecule has 1 heterocycles. The molecule has 2 unspecified atom stereocenters. The van der Waals surface area contributed by atoms with Crippen LogP contribution in [0.5, 0.6) is 0 Å². The number of thioether (sulfide) groups is 1. The van der Waals surface area contributed by atoms with Gasteiger partial charge in [-0.1, -0.05) is 6.07 Å². The molecule has 4 N–H and O–H groups in total. The zero-order valence-electron chi connectivity index (χ0n) is 21.3. The maximum absolute atomic E-state index is 12.9. The predicted molar refractivity (Wildman–Crippen MR) is 151 cm³/mol. The molecule has 0 fully saturated rings. The molecule has 3 aromatic rings. The highest BCUT2D eigenvalue weighted by atomic mass is 32.2. The van der Waals surface area contributed by atoms with E-state index in [0.29, 0.717) is 33.2 Å². The van der Waals surface area contributed by atoms with Crippen LogP contribution in [0, 0.1) is 0 Å². The van der Waals surface area contributed by atoms with Crippen LogP contribution in [-0.4, -0.2) is 33.0 Å². The third-order valence-corrected chi connectivity index (χ3v) is 7.50. The summed E-state index contributed by atoms with van der Waals surface area (Å²) in [7, 11) is -1.61. The molecule has 3 aromatic carbocycles. The second kappa shape index (κ2) is 11.3. The van der Waals surface area contributed by atoms with Gasteiger partial charge in [0.15, 0.2) is 0 Å². The Labute approximate surface area is 227 Å². The molecular weight excluding hydrogens is 524 g/mol. The highest BCUT2D eigenvalue weighted by molar-refractivity contribution is 8.01. The van der Waals surface area contributed by atoms with Crippen molar-refractivity contribution in [2.24, 2.45) is 0 Å². The summed E-state index contributed by atoms with van der Waals surface area (Å²) in [6.45, 7) is 7.17. The number of carbonyl (C=O) groups is 3. The molecule has 38 heavy (non-hydrogen) atoms. The second-order valence-electron chi connectivity index (χ2n) is 9.52. The molecule has 0 bridgehead atoms. The van der Waals surface area contributed by atoms with E-state index in [1.165, 1.54) is 11.8 Å². The zero-order valence-corrected chi connectivity index (χ0v) is 22.9. The fourth-order valence-electron chi connectivity index (χ4n) is 3.45. The van der Waals surface area contributed by atoms with Crippen LogP contribution in [0.25, 0.3) is 0 Å². The van der Waals surface area contributed by atoms with Gasteiger partial charge in [0.05, 0.1) is 15.8 Å². The Morgan fingerprint density at radius 1 is 0.947 bits per heavy atom. The minimum Gasteiger partial charge on any atom is -0.444 e. The van der Waals surface area contributed by atoms with Crippen molar-refractivity contribution in [3.63, 3.8) is 0 Å². The first kappa shape index (κ1) is 27.2. The van der Waals surface area contributed by atoms with Gasteiger partial charge in [0, 0.05) is 27.5 Å². The van der Waals surface area contributed by atoms with Crippen LogP contribution in [-0.2, 0) is 20.5 Å². The molecule has 1 aliphatic heterocycles. The van der Waals surface area contributed by atoms with Crippen molar-refractivity contribution in [2.45, 2.75) is 48.3 Å². The summed E-state index contributed by atoms with van der Waals surface area (Å²) < 4.78 is 21.1. The van der Waals surface area contributed by atoms with E-state index in [2.05, 4.69) is 20.7 Å². The van der Waals surface area contributed by atoms with Crippen molar-refractivity contribution in [2.75, 3.05) is 20.7 Å². The standard InChI is InChI=1S/C27H28N4O5S2/c1-16-24(32)30-22-14-17(8-13-23(22)37-16)25(33)28-20-6-5-7-21(15-20)38(35)31-19-11-9-18(10-12-19)29-26(34)36-27(2,3)4/h5-16,31H,1-4H3,(H,28,33)(H,29,34)(H,30,32). The largest absolute Gasteiger partial charge is 0.444 e. The number of amides is 3. The topological polar surface area (TPSA) is 126 Å². The van der Waals surface area contributed by atoms with Gasteiger partial charge in [-0.2, -0.15) is 0 Å². The number of ether oxygens (including phenoxy) is 1. The molecule has 2 atom stereocenters. The van der Waals surface area contributed by atoms with E-state index in [1.54, 1.807) is 81.4 Å².